The first-order chi connectivity index (χ1) is 10.5. The van der Waals surface area contributed by atoms with Crippen LogP contribution in [0.15, 0.2) is 45.6 Å². The first kappa shape index (κ1) is 14.5. The van der Waals surface area contributed by atoms with Gasteiger partial charge in [0.05, 0.1) is 5.02 Å². The molecule has 0 fully saturated rings. The van der Waals surface area contributed by atoms with E-state index in [1.807, 2.05) is 25.1 Å². The predicted octanol–water partition coefficient (Wildman–Crippen LogP) is 3.63. The molecule has 4 nitrogen and oxygen atoms in total. The van der Waals surface area contributed by atoms with Gasteiger partial charge in [-0.25, -0.2) is 4.79 Å². The molecule has 0 aliphatic rings. The first-order valence-corrected chi connectivity index (χ1v) is 7.12. The van der Waals surface area contributed by atoms with Crippen molar-refractivity contribution in [3.63, 3.8) is 0 Å². The highest BCUT2D eigenvalue weighted by molar-refractivity contribution is 6.32. The van der Waals surface area contributed by atoms with E-state index < -0.39 is 5.63 Å². The predicted molar refractivity (Wildman–Crippen MR) is 87.6 cm³/mol. The van der Waals surface area contributed by atoms with Crippen LogP contribution in [0.5, 0.6) is 5.75 Å². The van der Waals surface area contributed by atoms with Crippen LogP contribution in [-0.4, -0.2) is 5.11 Å². The maximum Gasteiger partial charge on any atom is 0.340 e. The molecule has 0 saturated heterocycles. The number of nitrogens with two attached hydrogens (primary N) is 1. The van der Waals surface area contributed by atoms with Crippen molar-refractivity contribution in [3.05, 3.63) is 68.5 Å². The van der Waals surface area contributed by atoms with Gasteiger partial charge in [0.2, 0.25) is 0 Å². The van der Waals surface area contributed by atoms with Crippen molar-refractivity contribution < 1.29 is 9.52 Å². The Kier molecular flexibility index (Phi) is 3.54. The summed E-state index contributed by atoms with van der Waals surface area (Å²) in [6.07, 6.45) is 0.424. The summed E-state index contributed by atoms with van der Waals surface area (Å²) in [5.74, 6) is -0.111. The van der Waals surface area contributed by atoms with Gasteiger partial charge in [-0.2, -0.15) is 0 Å². The fourth-order valence-corrected chi connectivity index (χ4v) is 2.67. The zero-order valence-electron chi connectivity index (χ0n) is 11.9. The molecule has 3 rings (SSSR count). The third-order valence-electron chi connectivity index (χ3n) is 3.69. The summed E-state index contributed by atoms with van der Waals surface area (Å²) in [7, 11) is 0. The highest BCUT2D eigenvalue weighted by atomic mass is 35.5. The quantitative estimate of drug-likeness (QED) is 0.559. The van der Waals surface area contributed by atoms with Crippen molar-refractivity contribution in [2.45, 2.75) is 13.3 Å². The van der Waals surface area contributed by atoms with E-state index in [-0.39, 0.29) is 10.8 Å². The number of nitrogen functional groups attached to an aromatic ring is 1. The summed E-state index contributed by atoms with van der Waals surface area (Å²) in [5, 5.41) is 10.6. The molecular formula is C17H14ClNO3. The normalized spacial score (nSPS) is 11.0. The van der Waals surface area contributed by atoms with Crippen molar-refractivity contribution in [1.82, 2.24) is 0 Å². The molecule has 3 aromatic rings. The minimum absolute atomic E-state index is 0.111. The third kappa shape index (κ3) is 2.53. The molecule has 1 heterocycles. The fourth-order valence-electron chi connectivity index (χ4n) is 2.51. The monoisotopic (exact) mass is 315 g/mol. The average Bonchev–Trinajstić information content (AvgIpc) is 2.46. The van der Waals surface area contributed by atoms with Crippen LogP contribution < -0.4 is 11.4 Å². The second kappa shape index (κ2) is 5.39. The summed E-state index contributed by atoms with van der Waals surface area (Å²) >= 11 is 5.95. The maximum atomic E-state index is 12.2. The molecule has 22 heavy (non-hydrogen) atoms. The third-order valence-corrected chi connectivity index (χ3v) is 3.99. The molecule has 0 atom stereocenters. The van der Waals surface area contributed by atoms with Crippen LogP contribution >= 0.6 is 11.6 Å². The van der Waals surface area contributed by atoms with Crippen LogP contribution in [0.25, 0.3) is 11.0 Å². The number of fused-ring (bicyclic) bond motifs is 1. The van der Waals surface area contributed by atoms with Gasteiger partial charge in [0.25, 0.3) is 0 Å². The van der Waals surface area contributed by atoms with E-state index in [1.54, 1.807) is 12.1 Å². The molecule has 1 aromatic heterocycles. The molecule has 0 amide bonds. The molecule has 0 saturated carbocycles. The minimum atomic E-state index is -0.422. The number of hydrogen-bond donors (Lipinski definition) is 2. The number of hydrogen-bond acceptors (Lipinski definition) is 4. The number of aromatic hydroxyl groups is 1. The summed E-state index contributed by atoms with van der Waals surface area (Å²) in [4.78, 5) is 12.2. The molecule has 5 heteroatoms. The number of phenols is 1. The van der Waals surface area contributed by atoms with Gasteiger partial charge >= 0.3 is 5.63 Å². The van der Waals surface area contributed by atoms with Gasteiger partial charge in [-0.05, 0) is 36.2 Å². The number of rotatable bonds is 2. The Morgan fingerprint density at radius 3 is 2.77 bits per heavy atom. The topological polar surface area (TPSA) is 76.5 Å². The maximum absolute atomic E-state index is 12.2. The number of anilines is 1. The van der Waals surface area contributed by atoms with Crippen LogP contribution in [0.2, 0.25) is 5.02 Å². The lowest BCUT2D eigenvalue weighted by molar-refractivity contribution is 0.473. The lowest BCUT2D eigenvalue weighted by Gasteiger charge is -2.09. The Hall–Kier alpha value is -2.46. The van der Waals surface area contributed by atoms with Crippen molar-refractivity contribution in [3.8, 4) is 5.75 Å². The molecule has 2 aromatic carbocycles. The van der Waals surface area contributed by atoms with Crippen molar-refractivity contribution in [2.24, 2.45) is 0 Å². The SMILES string of the molecule is Cc1c(Cc2cccc(N)c2)c(=O)oc2cc(O)c(Cl)cc12. The van der Waals surface area contributed by atoms with Gasteiger partial charge in [0, 0.05) is 29.1 Å². The summed E-state index contributed by atoms with van der Waals surface area (Å²) in [5.41, 5.74) is 8.59. The molecule has 0 radical (unpaired) electrons. The van der Waals surface area contributed by atoms with Crippen LogP contribution in [-0.2, 0) is 6.42 Å². The summed E-state index contributed by atoms with van der Waals surface area (Å²) in [6, 6.07) is 10.3. The summed E-state index contributed by atoms with van der Waals surface area (Å²) < 4.78 is 5.31. The molecule has 0 unspecified atom stereocenters. The van der Waals surface area contributed by atoms with Crippen LogP contribution in [0.1, 0.15) is 16.7 Å². The first-order valence-electron chi connectivity index (χ1n) is 6.75. The number of benzene rings is 2. The standard InChI is InChI=1S/C17H14ClNO3/c1-9-12-7-14(18)15(20)8-16(12)22-17(21)13(9)6-10-3-2-4-11(19)5-10/h2-5,7-8,20H,6,19H2,1H3. The Morgan fingerprint density at radius 1 is 1.27 bits per heavy atom. The fraction of sp³-hybridized carbons (Fsp3) is 0.118. The molecule has 0 spiro atoms. The smallest absolute Gasteiger partial charge is 0.340 e. The van der Waals surface area contributed by atoms with E-state index in [0.717, 1.165) is 11.1 Å². The number of phenolic OH excluding ortho intramolecular Hbond substituents is 1. The number of halogens is 1. The highest BCUT2D eigenvalue weighted by Crippen LogP contribution is 2.31. The largest absolute Gasteiger partial charge is 0.506 e. The Morgan fingerprint density at radius 2 is 2.05 bits per heavy atom. The molecule has 3 N–H and O–H groups in total. The molecule has 0 bridgehead atoms. The zero-order chi connectivity index (χ0) is 15.9. The average molecular weight is 316 g/mol. The van der Waals surface area contributed by atoms with E-state index in [0.29, 0.717) is 28.6 Å². The van der Waals surface area contributed by atoms with Crippen LogP contribution in [0, 0.1) is 6.92 Å². The van der Waals surface area contributed by atoms with E-state index >= 15 is 0 Å². The van der Waals surface area contributed by atoms with Crippen LogP contribution in [0.3, 0.4) is 0 Å². The highest BCUT2D eigenvalue weighted by Gasteiger charge is 2.14. The number of aryl methyl sites for hydroxylation is 1. The van der Waals surface area contributed by atoms with Gasteiger partial charge in [-0.1, -0.05) is 23.7 Å². The second-order valence-electron chi connectivity index (χ2n) is 5.21. The Balaban J connectivity index is 2.18. The van der Waals surface area contributed by atoms with Crippen LogP contribution in [0.4, 0.5) is 5.69 Å². The lowest BCUT2D eigenvalue weighted by atomic mass is 9.99. The molecular weight excluding hydrogens is 302 g/mol. The van der Waals surface area contributed by atoms with Gasteiger partial charge in [0.15, 0.2) is 0 Å². The Bertz CT molecular complexity index is 931. The van der Waals surface area contributed by atoms with E-state index in [2.05, 4.69) is 0 Å². The van der Waals surface area contributed by atoms with E-state index in [9.17, 15) is 9.90 Å². The molecule has 112 valence electrons. The molecule has 0 aliphatic heterocycles. The minimum Gasteiger partial charge on any atom is -0.506 e. The molecule has 0 aliphatic carbocycles. The van der Waals surface area contributed by atoms with Crippen molar-refractivity contribution >= 4 is 28.3 Å². The van der Waals surface area contributed by atoms with Crippen molar-refractivity contribution in [2.75, 3.05) is 5.73 Å². The zero-order valence-corrected chi connectivity index (χ0v) is 12.6. The van der Waals surface area contributed by atoms with Crippen molar-refractivity contribution in [1.29, 1.82) is 0 Å². The lowest BCUT2D eigenvalue weighted by Crippen LogP contribution is -2.11. The van der Waals surface area contributed by atoms with Gasteiger partial charge in [-0.3, -0.25) is 0 Å². The van der Waals surface area contributed by atoms with E-state index in [4.69, 9.17) is 21.8 Å². The summed E-state index contributed by atoms with van der Waals surface area (Å²) in [6.45, 7) is 1.84. The Labute approximate surface area is 131 Å². The van der Waals surface area contributed by atoms with Gasteiger partial charge in [0.1, 0.15) is 11.3 Å². The second-order valence-corrected chi connectivity index (χ2v) is 5.62. The van der Waals surface area contributed by atoms with Gasteiger partial charge in [-0.15, -0.1) is 0 Å². The van der Waals surface area contributed by atoms with Gasteiger partial charge < -0.3 is 15.3 Å². The van der Waals surface area contributed by atoms with E-state index in [1.165, 1.54) is 6.07 Å².